The molecule has 1 N–H and O–H groups in total. The minimum atomic E-state index is 0.0846. The number of methoxy groups -OCH3 is 1. The molecule has 0 spiro atoms. The van der Waals surface area contributed by atoms with Gasteiger partial charge in [-0.1, -0.05) is 30.3 Å². The highest BCUT2D eigenvalue weighted by Crippen LogP contribution is 2.19. The third-order valence-corrected chi connectivity index (χ3v) is 4.48. The molecule has 1 fully saturated rings. The molecule has 24 heavy (non-hydrogen) atoms. The van der Waals surface area contributed by atoms with Crippen LogP contribution in [0.1, 0.15) is 18.4 Å². The molecule has 1 aliphatic heterocycles. The van der Waals surface area contributed by atoms with Gasteiger partial charge in [0.1, 0.15) is 5.75 Å². The van der Waals surface area contributed by atoms with Crippen LogP contribution in [0.15, 0.2) is 54.6 Å². The van der Waals surface area contributed by atoms with Gasteiger partial charge in [-0.2, -0.15) is 0 Å². The van der Waals surface area contributed by atoms with Crippen molar-refractivity contribution in [1.82, 2.24) is 5.32 Å². The molecule has 1 heterocycles. The van der Waals surface area contributed by atoms with Gasteiger partial charge in [-0.05, 0) is 42.7 Å². The molecule has 1 saturated heterocycles. The summed E-state index contributed by atoms with van der Waals surface area (Å²) >= 11 is 0. The Bertz CT molecular complexity index is 664. The van der Waals surface area contributed by atoms with E-state index < -0.39 is 0 Å². The van der Waals surface area contributed by atoms with Crippen LogP contribution in [-0.2, 0) is 11.2 Å². The lowest BCUT2D eigenvalue weighted by atomic mass is 10.0. The smallest absolute Gasteiger partial charge is 0.224 e. The Hall–Kier alpha value is -2.49. The van der Waals surface area contributed by atoms with Crippen molar-refractivity contribution < 1.29 is 9.53 Å². The third kappa shape index (κ3) is 4.28. The molecule has 1 amide bonds. The zero-order valence-electron chi connectivity index (χ0n) is 14.1. The molecule has 0 aromatic heterocycles. The van der Waals surface area contributed by atoms with Gasteiger partial charge in [0.25, 0.3) is 0 Å². The molecular weight excluding hydrogens is 300 g/mol. The van der Waals surface area contributed by atoms with Crippen LogP contribution in [0, 0.1) is 0 Å². The van der Waals surface area contributed by atoms with Crippen molar-refractivity contribution >= 4 is 11.6 Å². The molecule has 2 aromatic carbocycles. The highest BCUT2D eigenvalue weighted by molar-refractivity contribution is 5.79. The average molecular weight is 324 g/mol. The minimum absolute atomic E-state index is 0.0846. The molecule has 4 nitrogen and oxygen atoms in total. The molecule has 0 bridgehead atoms. The summed E-state index contributed by atoms with van der Waals surface area (Å²) in [4.78, 5) is 14.6. The SMILES string of the molecule is COc1cccc(CC(=O)NC2CCN(c3ccccc3)CC2)c1. The van der Waals surface area contributed by atoms with Crippen molar-refractivity contribution in [2.45, 2.75) is 25.3 Å². The van der Waals surface area contributed by atoms with Gasteiger partial charge >= 0.3 is 0 Å². The highest BCUT2D eigenvalue weighted by Gasteiger charge is 2.20. The van der Waals surface area contributed by atoms with Crippen molar-refractivity contribution in [2.24, 2.45) is 0 Å². The first-order valence-electron chi connectivity index (χ1n) is 8.47. The van der Waals surface area contributed by atoms with Crippen molar-refractivity contribution in [3.8, 4) is 5.75 Å². The number of nitrogens with one attached hydrogen (secondary N) is 1. The van der Waals surface area contributed by atoms with Gasteiger partial charge in [-0.15, -0.1) is 0 Å². The first-order chi connectivity index (χ1) is 11.7. The number of nitrogens with zero attached hydrogens (tertiary/aromatic N) is 1. The monoisotopic (exact) mass is 324 g/mol. The Morgan fingerprint density at radius 1 is 1.12 bits per heavy atom. The summed E-state index contributed by atoms with van der Waals surface area (Å²) in [6, 6.07) is 18.4. The maximum atomic E-state index is 12.3. The van der Waals surface area contributed by atoms with Gasteiger partial charge < -0.3 is 15.0 Å². The molecule has 126 valence electrons. The Balaban J connectivity index is 1.48. The standard InChI is InChI=1S/C20H24N2O2/c1-24-19-9-5-6-16(14-19)15-20(23)21-17-10-12-22(13-11-17)18-7-3-2-4-8-18/h2-9,14,17H,10-13,15H2,1H3,(H,21,23). The lowest BCUT2D eigenvalue weighted by molar-refractivity contribution is -0.121. The van der Waals surface area contributed by atoms with Crippen LogP contribution < -0.4 is 15.0 Å². The van der Waals surface area contributed by atoms with Gasteiger partial charge in [0, 0.05) is 24.8 Å². The van der Waals surface area contributed by atoms with E-state index in [1.165, 1.54) is 5.69 Å². The number of piperidine rings is 1. The summed E-state index contributed by atoms with van der Waals surface area (Å²) < 4.78 is 5.20. The van der Waals surface area contributed by atoms with Gasteiger partial charge in [0.05, 0.1) is 13.5 Å². The maximum absolute atomic E-state index is 12.3. The van der Waals surface area contributed by atoms with Crippen molar-refractivity contribution in [1.29, 1.82) is 0 Å². The van der Waals surface area contributed by atoms with Crippen molar-refractivity contribution in [3.05, 3.63) is 60.2 Å². The molecule has 4 heteroatoms. The Morgan fingerprint density at radius 2 is 1.88 bits per heavy atom. The molecular formula is C20H24N2O2. The number of hydrogen-bond acceptors (Lipinski definition) is 3. The van der Waals surface area contributed by atoms with Crippen molar-refractivity contribution in [3.63, 3.8) is 0 Å². The summed E-state index contributed by atoms with van der Waals surface area (Å²) in [5.41, 5.74) is 2.24. The maximum Gasteiger partial charge on any atom is 0.224 e. The van der Waals surface area contributed by atoms with E-state index in [1.54, 1.807) is 7.11 Å². The first-order valence-corrected chi connectivity index (χ1v) is 8.47. The number of ether oxygens (including phenoxy) is 1. The number of carbonyl (C=O) groups is 1. The van der Waals surface area contributed by atoms with E-state index >= 15 is 0 Å². The number of amides is 1. The predicted molar refractivity (Wildman–Crippen MR) is 96.5 cm³/mol. The van der Waals surface area contributed by atoms with Gasteiger partial charge in [-0.3, -0.25) is 4.79 Å². The van der Waals surface area contributed by atoms with Crippen LogP contribution in [0.25, 0.3) is 0 Å². The van der Waals surface area contributed by atoms with Crippen LogP contribution in [0.4, 0.5) is 5.69 Å². The lowest BCUT2D eigenvalue weighted by Gasteiger charge is -2.34. The van der Waals surface area contributed by atoms with E-state index in [9.17, 15) is 4.79 Å². The molecule has 0 atom stereocenters. The van der Waals surface area contributed by atoms with E-state index in [0.29, 0.717) is 6.42 Å². The fourth-order valence-corrected chi connectivity index (χ4v) is 3.17. The van der Waals surface area contributed by atoms with Gasteiger partial charge in [0.15, 0.2) is 0 Å². The topological polar surface area (TPSA) is 41.6 Å². The Morgan fingerprint density at radius 3 is 2.58 bits per heavy atom. The largest absolute Gasteiger partial charge is 0.497 e. The zero-order valence-corrected chi connectivity index (χ0v) is 14.1. The second kappa shape index (κ2) is 7.86. The number of para-hydroxylation sites is 1. The Labute approximate surface area is 143 Å². The van der Waals surface area contributed by atoms with Crippen LogP contribution in [-0.4, -0.2) is 32.1 Å². The van der Waals surface area contributed by atoms with E-state index in [1.807, 2.05) is 30.3 Å². The first kappa shape index (κ1) is 16.4. The van der Waals surface area contributed by atoms with E-state index in [4.69, 9.17) is 4.74 Å². The average Bonchev–Trinajstić information content (AvgIpc) is 2.63. The number of rotatable bonds is 5. The normalized spacial score (nSPS) is 15.1. The number of benzene rings is 2. The lowest BCUT2D eigenvalue weighted by Crippen LogP contribution is -2.45. The predicted octanol–water partition coefficient (Wildman–Crippen LogP) is 3.02. The summed E-state index contributed by atoms with van der Waals surface area (Å²) in [5, 5.41) is 3.17. The second-order valence-corrected chi connectivity index (χ2v) is 6.19. The molecule has 0 saturated carbocycles. The second-order valence-electron chi connectivity index (χ2n) is 6.19. The molecule has 0 aliphatic carbocycles. The number of carbonyl (C=O) groups excluding carboxylic acids is 1. The van der Waals surface area contributed by atoms with E-state index in [0.717, 1.165) is 37.2 Å². The van der Waals surface area contributed by atoms with E-state index in [-0.39, 0.29) is 11.9 Å². The van der Waals surface area contributed by atoms with Crippen LogP contribution >= 0.6 is 0 Å². The molecule has 0 radical (unpaired) electrons. The molecule has 0 unspecified atom stereocenters. The summed E-state index contributed by atoms with van der Waals surface area (Å²) in [6.45, 7) is 1.96. The Kier molecular flexibility index (Phi) is 5.36. The summed E-state index contributed by atoms with van der Waals surface area (Å²) in [6.07, 6.45) is 2.37. The van der Waals surface area contributed by atoms with Crippen molar-refractivity contribution in [2.75, 3.05) is 25.1 Å². The summed E-state index contributed by atoms with van der Waals surface area (Å²) in [5.74, 6) is 0.873. The van der Waals surface area contributed by atoms with Crippen LogP contribution in [0.3, 0.4) is 0 Å². The molecule has 3 rings (SSSR count). The van der Waals surface area contributed by atoms with Gasteiger partial charge in [-0.25, -0.2) is 0 Å². The van der Waals surface area contributed by atoms with E-state index in [2.05, 4.69) is 34.5 Å². The molecule has 2 aromatic rings. The fourth-order valence-electron chi connectivity index (χ4n) is 3.17. The van der Waals surface area contributed by atoms with Crippen LogP contribution in [0.5, 0.6) is 5.75 Å². The summed E-state index contributed by atoms with van der Waals surface area (Å²) in [7, 11) is 1.64. The van der Waals surface area contributed by atoms with Crippen LogP contribution in [0.2, 0.25) is 0 Å². The number of anilines is 1. The fraction of sp³-hybridized carbons (Fsp3) is 0.350. The van der Waals surface area contributed by atoms with Gasteiger partial charge in [0.2, 0.25) is 5.91 Å². The quantitative estimate of drug-likeness (QED) is 0.919. The zero-order chi connectivity index (χ0) is 16.8. The number of hydrogen-bond donors (Lipinski definition) is 1. The third-order valence-electron chi connectivity index (χ3n) is 4.48. The highest BCUT2D eigenvalue weighted by atomic mass is 16.5. The molecule has 1 aliphatic rings. The minimum Gasteiger partial charge on any atom is -0.497 e.